The topological polar surface area (TPSA) is 112 Å². The number of methoxy groups -OCH3 is 1. The molecule has 0 fully saturated rings. The van der Waals surface area contributed by atoms with Crippen LogP contribution in [0.1, 0.15) is 6.92 Å². The number of nitrogens with one attached hydrogen (secondary N) is 1. The van der Waals surface area contributed by atoms with Crippen molar-refractivity contribution < 1.29 is 22.7 Å². The fourth-order valence-corrected chi connectivity index (χ4v) is 2.99. The smallest absolute Gasteiger partial charge is 0.330 e. The predicted molar refractivity (Wildman–Crippen MR) is 85.3 cm³/mol. The Bertz CT molecular complexity index is 789. The molecule has 0 amide bonds. The van der Waals surface area contributed by atoms with Crippen molar-refractivity contribution in [2.45, 2.75) is 12.5 Å². The third-order valence-electron chi connectivity index (χ3n) is 3.09. The second-order valence-corrected chi connectivity index (χ2v) is 7.07. The molecule has 2 rings (SSSR count). The summed E-state index contributed by atoms with van der Waals surface area (Å²) in [4.78, 5) is 15.8. The number of sulfonamides is 1. The summed E-state index contributed by atoms with van der Waals surface area (Å²) in [5.41, 5.74) is -0.753. The maximum Gasteiger partial charge on any atom is 0.330 e. The van der Waals surface area contributed by atoms with Crippen LogP contribution in [0.5, 0.6) is 5.75 Å². The average molecular weight is 354 g/mol. The zero-order chi connectivity index (χ0) is 17.8. The van der Waals surface area contributed by atoms with E-state index in [2.05, 4.69) is 19.5 Å². The van der Waals surface area contributed by atoms with Crippen LogP contribution in [-0.2, 0) is 19.6 Å². The summed E-state index contributed by atoms with van der Waals surface area (Å²) in [6.07, 6.45) is 3.93. The lowest BCUT2D eigenvalue weighted by atomic mass is 10.1. The summed E-state index contributed by atoms with van der Waals surface area (Å²) >= 11 is 0. The van der Waals surface area contributed by atoms with Crippen LogP contribution < -0.4 is 9.46 Å². The Morgan fingerprint density at radius 2 is 2.00 bits per heavy atom. The van der Waals surface area contributed by atoms with Crippen molar-refractivity contribution >= 4 is 16.0 Å². The first-order valence-corrected chi connectivity index (χ1v) is 8.78. The van der Waals surface area contributed by atoms with E-state index in [4.69, 9.17) is 4.74 Å². The van der Waals surface area contributed by atoms with Crippen molar-refractivity contribution in [3.05, 3.63) is 36.9 Å². The van der Waals surface area contributed by atoms with Crippen molar-refractivity contribution in [1.82, 2.24) is 19.5 Å². The van der Waals surface area contributed by atoms with Gasteiger partial charge in [0, 0.05) is 0 Å². The lowest BCUT2D eigenvalue weighted by Crippen LogP contribution is -2.56. The van der Waals surface area contributed by atoms with Crippen LogP contribution in [0, 0.1) is 0 Å². The molecule has 0 saturated heterocycles. The second-order valence-electron chi connectivity index (χ2n) is 5.32. The molecule has 0 spiro atoms. The van der Waals surface area contributed by atoms with Gasteiger partial charge in [-0.1, -0.05) is 0 Å². The number of rotatable bonds is 7. The molecule has 0 aliphatic heterocycles. The van der Waals surface area contributed by atoms with E-state index in [0.29, 0.717) is 5.75 Å². The molecule has 1 unspecified atom stereocenters. The molecule has 0 radical (unpaired) electrons. The maximum atomic E-state index is 11.9. The van der Waals surface area contributed by atoms with Crippen molar-refractivity contribution in [3.63, 3.8) is 0 Å². The summed E-state index contributed by atoms with van der Waals surface area (Å²) in [7, 11) is -2.45. The largest absolute Gasteiger partial charge is 0.491 e. The Labute approximate surface area is 139 Å². The van der Waals surface area contributed by atoms with Gasteiger partial charge in [-0.15, -0.1) is 0 Å². The molecular weight excluding hydrogens is 336 g/mol. The lowest BCUT2D eigenvalue weighted by Gasteiger charge is -2.26. The molecule has 1 heterocycles. The highest BCUT2D eigenvalue weighted by Gasteiger charge is 2.38. The van der Waals surface area contributed by atoms with E-state index in [1.807, 2.05) is 0 Å². The molecule has 0 aliphatic rings. The zero-order valence-corrected chi connectivity index (χ0v) is 14.3. The van der Waals surface area contributed by atoms with Crippen LogP contribution in [0.3, 0.4) is 0 Å². The van der Waals surface area contributed by atoms with Crippen LogP contribution in [-0.4, -0.2) is 54.7 Å². The van der Waals surface area contributed by atoms with Gasteiger partial charge in [-0.2, -0.15) is 9.82 Å². The Kier molecular flexibility index (Phi) is 5.20. The number of ether oxygens (including phenoxy) is 2. The molecule has 1 aromatic carbocycles. The van der Waals surface area contributed by atoms with Crippen LogP contribution >= 0.6 is 0 Å². The molecule has 10 heteroatoms. The molecule has 2 aromatic rings. The minimum Gasteiger partial charge on any atom is -0.491 e. The summed E-state index contributed by atoms with van der Waals surface area (Å²) in [5.74, 6) is -0.281. The Balaban J connectivity index is 2.10. The zero-order valence-electron chi connectivity index (χ0n) is 13.5. The van der Waals surface area contributed by atoms with E-state index in [1.165, 1.54) is 20.4 Å². The molecule has 1 N–H and O–H groups in total. The van der Waals surface area contributed by atoms with E-state index in [0.717, 1.165) is 11.9 Å². The number of hydrogen-bond acceptors (Lipinski definition) is 7. The summed E-state index contributed by atoms with van der Waals surface area (Å²) in [6.45, 7) is 1.17. The standard InChI is InChI=1S/C14H18N4O5S/c1-14(13(19)22-2,17-24(3,20)21)8-23-12-6-4-11(5-7-12)18-10-15-9-16-18/h4-7,9-10,17H,8H2,1-3H3. The highest BCUT2D eigenvalue weighted by atomic mass is 32.2. The van der Waals surface area contributed by atoms with Crippen molar-refractivity contribution in [2.75, 3.05) is 20.0 Å². The number of aromatic nitrogens is 3. The number of carbonyl (C=O) groups excluding carboxylic acids is 1. The van der Waals surface area contributed by atoms with E-state index < -0.39 is 21.5 Å². The first-order chi connectivity index (χ1) is 11.2. The lowest BCUT2D eigenvalue weighted by molar-refractivity contribution is -0.148. The summed E-state index contributed by atoms with van der Waals surface area (Å²) in [6, 6.07) is 6.86. The molecular formula is C14H18N4O5S. The van der Waals surface area contributed by atoms with Crippen LogP contribution in [0.15, 0.2) is 36.9 Å². The first-order valence-electron chi connectivity index (χ1n) is 6.89. The van der Waals surface area contributed by atoms with Crippen molar-refractivity contribution in [3.8, 4) is 11.4 Å². The molecule has 130 valence electrons. The molecule has 9 nitrogen and oxygen atoms in total. The number of carbonyl (C=O) groups is 1. The Morgan fingerprint density at radius 1 is 1.33 bits per heavy atom. The maximum absolute atomic E-state index is 11.9. The fraction of sp³-hybridized carbons (Fsp3) is 0.357. The van der Waals surface area contributed by atoms with Gasteiger partial charge in [0.25, 0.3) is 0 Å². The Hall–Kier alpha value is -2.46. The van der Waals surface area contributed by atoms with Crippen molar-refractivity contribution in [2.24, 2.45) is 0 Å². The molecule has 1 atom stereocenters. The van der Waals surface area contributed by atoms with Crippen LogP contribution in [0.25, 0.3) is 5.69 Å². The molecule has 1 aromatic heterocycles. The quantitative estimate of drug-likeness (QED) is 0.703. The minimum absolute atomic E-state index is 0.227. The number of hydrogen-bond donors (Lipinski definition) is 1. The summed E-state index contributed by atoms with van der Waals surface area (Å²) in [5, 5.41) is 4.00. The summed E-state index contributed by atoms with van der Waals surface area (Å²) < 4.78 is 36.9. The van der Waals surface area contributed by atoms with Gasteiger partial charge < -0.3 is 9.47 Å². The van der Waals surface area contributed by atoms with E-state index in [-0.39, 0.29) is 6.61 Å². The van der Waals surface area contributed by atoms with Gasteiger partial charge >= 0.3 is 5.97 Å². The van der Waals surface area contributed by atoms with Gasteiger partial charge in [-0.25, -0.2) is 22.9 Å². The second kappa shape index (κ2) is 6.97. The Morgan fingerprint density at radius 3 is 2.50 bits per heavy atom. The first kappa shape index (κ1) is 17.9. The SMILES string of the molecule is COC(=O)C(C)(COc1ccc(-n2cncn2)cc1)NS(C)(=O)=O. The minimum atomic E-state index is -3.63. The van der Waals surface area contributed by atoms with Gasteiger partial charge in [0.1, 0.15) is 25.0 Å². The number of nitrogens with zero attached hydrogens (tertiary/aromatic N) is 3. The van der Waals surface area contributed by atoms with Gasteiger partial charge in [-0.05, 0) is 31.2 Å². The predicted octanol–water partition coefficient (Wildman–Crippen LogP) is 0.127. The van der Waals surface area contributed by atoms with Gasteiger partial charge in [0.2, 0.25) is 10.0 Å². The van der Waals surface area contributed by atoms with Crippen LogP contribution in [0.4, 0.5) is 0 Å². The highest BCUT2D eigenvalue weighted by molar-refractivity contribution is 7.88. The molecule has 0 bridgehead atoms. The highest BCUT2D eigenvalue weighted by Crippen LogP contribution is 2.17. The van der Waals surface area contributed by atoms with E-state index >= 15 is 0 Å². The molecule has 0 saturated carbocycles. The molecule has 24 heavy (non-hydrogen) atoms. The number of benzene rings is 1. The fourth-order valence-electron chi connectivity index (χ4n) is 2.03. The van der Waals surface area contributed by atoms with Gasteiger partial charge in [0.15, 0.2) is 5.54 Å². The van der Waals surface area contributed by atoms with Crippen molar-refractivity contribution in [1.29, 1.82) is 0 Å². The number of esters is 1. The van der Waals surface area contributed by atoms with E-state index in [1.54, 1.807) is 35.3 Å². The van der Waals surface area contributed by atoms with Gasteiger partial charge in [-0.3, -0.25) is 0 Å². The van der Waals surface area contributed by atoms with Crippen LogP contribution in [0.2, 0.25) is 0 Å². The van der Waals surface area contributed by atoms with Gasteiger partial charge in [0.05, 0.1) is 19.1 Å². The normalized spacial score (nSPS) is 14.0. The monoisotopic (exact) mass is 354 g/mol. The van der Waals surface area contributed by atoms with E-state index in [9.17, 15) is 13.2 Å². The average Bonchev–Trinajstić information content (AvgIpc) is 3.05. The molecule has 0 aliphatic carbocycles. The third-order valence-corrected chi connectivity index (χ3v) is 3.92. The third kappa shape index (κ3) is 4.52.